The van der Waals surface area contributed by atoms with Gasteiger partial charge >= 0.3 is 5.97 Å². The Morgan fingerprint density at radius 3 is 1.71 bits per heavy atom. The fraction of sp³-hybridized carbons (Fsp3) is 0.833. The summed E-state index contributed by atoms with van der Waals surface area (Å²) in [6.45, 7) is 10.9. The van der Waals surface area contributed by atoms with Crippen LogP contribution in [0.25, 0.3) is 0 Å². The summed E-state index contributed by atoms with van der Waals surface area (Å²) in [7, 11) is -1.16. The van der Waals surface area contributed by atoms with E-state index in [4.69, 9.17) is 4.74 Å². The van der Waals surface area contributed by atoms with Gasteiger partial charge in [-0.3, -0.25) is 0 Å². The van der Waals surface area contributed by atoms with E-state index in [2.05, 4.69) is 27.4 Å². The van der Waals surface area contributed by atoms with Crippen molar-refractivity contribution in [2.75, 3.05) is 6.61 Å². The summed E-state index contributed by atoms with van der Waals surface area (Å²) in [4.78, 5) is 11.1. The van der Waals surface area contributed by atoms with E-state index in [1.54, 1.807) is 0 Å². The Balaban J connectivity index is 4.47. The minimum atomic E-state index is -1.16. The van der Waals surface area contributed by atoms with Crippen LogP contribution in [-0.2, 0) is 9.53 Å². The summed E-state index contributed by atoms with van der Waals surface area (Å²) in [5, 5.41) is 0. The smallest absolute Gasteiger partial charge is 0.330 e. The van der Waals surface area contributed by atoms with Gasteiger partial charge in [0.15, 0.2) is 0 Å². The van der Waals surface area contributed by atoms with E-state index in [9.17, 15) is 4.79 Å². The van der Waals surface area contributed by atoms with Crippen LogP contribution < -0.4 is 0 Å². The predicted molar refractivity (Wildman–Crippen MR) is 95.5 cm³/mol. The monoisotopic (exact) mass is 312 g/mol. The van der Waals surface area contributed by atoms with Gasteiger partial charge in [-0.25, -0.2) is 4.79 Å². The summed E-state index contributed by atoms with van der Waals surface area (Å²) in [6, 6.07) is 5.74. The van der Waals surface area contributed by atoms with Gasteiger partial charge in [-0.05, 0) is 6.42 Å². The molecule has 0 fully saturated rings. The first-order valence-electron chi connectivity index (χ1n) is 8.93. The highest BCUT2D eigenvalue weighted by Crippen LogP contribution is 2.33. The second kappa shape index (κ2) is 13.1. The number of esters is 1. The molecule has 124 valence electrons. The molecular formula is C18H36O2Si. The summed E-state index contributed by atoms with van der Waals surface area (Å²) < 4.78 is 5.17. The molecule has 0 N–H and O–H groups in total. The standard InChI is InChI=1S/C18H36O2Si/c1-5-9-14-21(15-10-6-2,16-11-7-3)17-12-13-20-18(19)8-4/h8H,4-7,9-17H2,1-3H3. The van der Waals surface area contributed by atoms with Crippen molar-refractivity contribution in [2.24, 2.45) is 0 Å². The van der Waals surface area contributed by atoms with Crippen LogP contribution in [0.1, 0.15) is 65.7 Å². The lowest BCUT2D eigenvalue weighted by Crippen LogP contribution is -2.34. The Kier molecular flexibility index (Phi) is 12.8. The third-order valence-electron chi connectivity index (χ3n) is 4.44. The lowest BCUT2D eigenvalue weighted by atomic mass is 10.4. The SMILES string of the molecule is C=CC(=O)OCCC[Si](CCCC)(CCCC)CCCC. The average molecular weight is 313 g/mol. The third-order valence-corrected chi connectivity index (χ3v) is 10.1. The molecule has 0 aliphatic carbocycles. The van der Waals surface area contributed by atoms with Crippen molar-refractivity contribution in [3.63, 3.8) is 0 Å². The molecule has 0 heterocycles. The Hall–Kier alpha value is -0.573. The minimum Gasteiger partial charge on any atom is -0.463 e. The average Bonchev–Trinajstić information content (AvgIpc) is 2.52. The molecule has 0 radical (unpaired) electrons. The fourth-order valence-corrected chi connectivity index (χ4v) is 8.79. The lowest BCUT2D eigenvalue weighted by Gasteiger charge is -2.32. The molecule has 0 saturated heterocycles. The second-order valence-corrected chi connectivity index (χ2v) is 11.3. The largest absolute Gasteiger partial charge is 0.463 e. The first kappa shape index (κ1) is 20.4. The van der Waals surface area contributed by atoms with Gasteiger partial charge in [0.25, 0.3) is 0 Å². The van der Waals surface area contributed by atoms with Gasteiger partial charge in [0.05, 0.1) is 14.7 Å². The summed E-state index contributed by atoms with van der Waals surface area (Å²) in [5.41, 5.74) is 0. The molecule has 0 aromatic rings. The van der Waals surface area contributed by atoms with E-state index in [1.807, 2.05) is 0 Å². The molecule has 0 aliphatic heterocycles. The van der Waals surface area contributed by atoms with Crippen LogP contribution in [0.3, 0.4) is 0 Å². The molecule has 2 nitrogen and oxygen atoms in total. The first-order chi connectivity index (χ1) is 10.1. The molecule has 0 aromatic heterocycles. The van der Waals surface area contributed by atoms with Crippen LogP contribution in [-0.4, -0.2) is 20.7 Å². The predicted octanol–water partition coefficient (Wildman–Crippen LogP) is 5.95. The van der Waals surface area contributed by atoms with Gasteiger partial charge in [0.1, 0.15) is 0 Å². The summed E-state index contributed by atoms with van der Waals surface area (Å²) >= 11 is 0. The molecule has 0 spiro atoms. The molecule has 21 heavy (non-hydrogen) atoms. The molecule has 0 aliphatic rings. The van der Waals surface area contributed by atoms with Crippen LogP contribution in [0.15, 0.2) is 12.7 Å². The van der Waals surface area contributed by atoms with E-state index in [0.717, 1.165) is 6.42 Å². The van der Waals surface area contributed by atoms with E-state index in [0.29, 0.717) is 6.61 Å². The summed E-state index contributed by atoms with van der Waals surface area (Å²) in [6.07, 6.45) is 10.4. The van der Waals surface area contributed by atoms with E-state index in [-0.39, 0.29) is 5.97 Å². The van der Waals surface area contributed by atoms with Gasteiger partial charge in [0.2, 0.25) is 0 Å². The topological polar surface area (TPSA) is 26.3 Å². The second-order valence-electron chi connectivity index (χ2n) is 6.29. The Morgan fingerprint density at radius 1 is 0.905 bits per heavy atom. The maximum Gasteiger partial charge on any atom is 0.330 e. The normalized spacial score (nSPS) is 11.4. The Bertz CT molecular complexity index is 255. The van der Waals surface area contributed by atoms with E-state index in [1.165, 1.54) is 68.8 Å². The van der Waals surface area contributed by atoms with Crippen molar-refractivity contribution >= 4 is 14.0 Å². The number of rotatable bonds is 14. The van der Waals surface area contributed by atoms with Gasteiger partial charge in [0, 0.05) is 6.08 Å². The summed E-state index contributed by atoms with van der Waals surface area (Å²) in [5.74, 6) is -0.280. The van der Waals surface area contributed by atoms with E-state index >= 15 is 0 Å². The number of hydrogen-bond acceptors (Lipinski definition) is 2. The van der Waals surface area contributed by atoms with Crippen LogP contribution >= 0.6 is 0 Å². The van der Waals surface area contributed by atoms with Crippen LogP contribution in [0, 0.1) is 0 Å². The van der Waals surface area contributed by atoms with Gasteiger partial charge in [-0.1, -0.05) is 90.1 Å². The third kappa shape index (κ3) is 9.89. The number of hydrogen-bond donors (Lipinski definition) is 0. The molecule has 0 aromatic carbocycles. The molecule has 0 rings (SSSR count). The molecule has 3 heteroatoms. The van der Waals surface area contributed by atoms with Crippen LogP contribution in [0.5, 0.6) is 0 Å². The highest BCUT2D eigenvalue weighted by atomic mass is 28.3. The van der Waals surface area contributed by atoms with Crippen molar-refractivity contribution in [3.05, 3.63) is 12.7 Å². The molecule has 0 bridgehead atoms. The highest BCUT2D eigenvalue weighted by Gasteiger charge is 2.30. The zero-order valence-electron chi connectivity index (χ0n) is 14.6. The Morgan fingerprint density at radius 2 is 1.33 bits per heavy atom. The zero-order valence-corrected chi connectivity index (χ0v) is 15.6. The van der Waals surface area contributed by atoms with E-state index < -0.39 is 8.07 Å². The minimum absolute atomic E-state index is 0.280. The number of carbonyl (C=O) groups excluding carboxylic acids is 1. The maximum absolute atomic E-state index is 11.1. The van der Waals surface area contributed by atoms with Crippen LogP contribution in [0.2, 0.25) is 24.2 Å². The Labute approximate surface area is 133 Å². The molecule has 0 saturated carbocycles. The number of carbonyl (C=O) groups is 1. The number of ether oxygens (including phenoxy) is 1. The fourth-order valence-electron chi connectivity index (χ4n) is 3.08. The van der Waals surface area contributed by atoms with Crippen molar-refractivity contribution in [3.8, 4) is 0 Å². The zero-order chi connectivity index (χ0) is 16.0. The first-order valence-corrected chi connectivity index (χ1v) is 11.8. The molecule has 0 unspecified atom stereocenters. The van der Waals surface area contributed by atoms with Crippen molar-refractivity contribution < 1.29 is 9.53 Å². The van der Waals surface area contributed by atoms with Gasteiger partial charge in [-0.15, -0.1) is 0 Å². The van der Waals surface area contributed by atoms with Crippen LogP contribution in [0.4, 0.5) is 0 Å². The highest BCUT2D eigenvalue weighted by molar-refractivity contribution is 6.79. The molecule has 0 amide bonds. The lowest BCUT2D eigenvalue weighted by molar-refractivity contribution is -0.137. The molecule has 0 atom stereocenters. The van der Waals surface area contributed by atoms with Gasteiger partial charge < -0.3 is 4.74 Å². The van der Waals surface area contributed by atoms with Crippen molar-refractivity contribution in [1.82, 2.24) is 0 Å². The maximum atomic E-state index is 11.1. The van der Waals surface area contributed by atoms with Crippen molar-refractivity contribution in [1.29, 1.82) is 0 Å². The van der Waals surface area contributed by atoms with Crippen molar-refractivity contribution in [2.45, 2.75) is 89.9 Å². The van der Waals surface area contributed by atoms with Gasteiger partial charge in [-0.2, -0.15) is 0 Å². The number of unbranched alkanes of at least 4 members (excludes halogenated alkanes) is 3. The molecular weight excluding hydrogens is 276 g/mol. The quantitative estimate of drug-likeness (QED) is 0.171.